The van der Waals surface area contributed by atoms with Crippen LogP contribution < -0.4 is 9.80 Å². The topological polar surface area (TPSA) is 6.48 Å². The fourth-order valence-electron chi connectivity index (χ4n) is 2.19. The van der Waals surface area contributed by atoms with Gasteiger partial charge in [0.25, 0.3) is 0 Å². The van der Waals surface area contributed by atoms with Gasteiger partial charge in [0.2, 0.25) is 0 Å². The van der Waals surface area contributed by atoms with Gasteiger partial charge in [0, 0.05) is 26.7 Å². The molecule has 0 aromatic heterocycles. The molecule has 2 rings (SSSR count). The van der Waals surface area contributed by atoms with Crippen molar-refractivity contribution in [1.82, 2.24) is 0 Å². The fourth-order valence-corrected chi connectivity index (χ4v) is 2.31. The molecular weight excluding hydrogens is 216 g/mol. The molecule has 0 saturated carbocycles. The van der Waals surface area contributed by atoms with Gasteiger partial charge in [0.15, 0.2) is 0 Å². The molecule has 0 bridgehead atoms. The lowest BCUT2D eigenvalue weighted by atomic mass is 10.1. The SMILES string of the molecule is CC(CS)CN1CCN(C)c2ccccc21. The van der Waals surface area contributed by atoms with Gasteiger partial charge in [0.05, 0.1) is 11.4 Å². The van der Waals surface area contributed by atoms with Crippen LogP contribution in [0.5, 0.6) is 0 Å². The maximum atomic E-state index is 4.37. The average molecular weight is 236 g/mol. The Balaban J connectivity index is 2.21. The van der Waals surface area contributed by atoms with Gasteiger partial charge in [-0.2, -0.15) is 12.6 Å². The van der Waals surface area contributed by atoms with Crippen molar-refractivity contribution in [2.24, 2.45) is 5.92 Å². The molecule has 0 fully saturated rings. The van der Waals surface area contributed by atoms with Crippen LogP contribution in [0.3, 0.4) is 0 Å². The number of para-hydroxylation sites is 2. The lowest BCUT2D eigenvalue weighted by molar-refractivity contribution is 0.608. The number of nitrogens with zero attached hydrogens (tertiary/aromatic N) is 2. The second-order valence-electron chi connectivity index (χ2n) is 4.64. The quantitative estimate of drug-likeness (QED) is 0.806. The van der Waals surface area contributed by atoms with Gasteiger partial charge in [-0.1, -0.05) is 19.1 Å². The Hall–Kier alpha value is -0.830. The Morgan fingerprint density at radius 3 is 2.62 bits per heavy atom. The molecule has 0 amide bonds. The summed E-state index contributed by atoms with van der Waals surface area (Å²) >= 11 is 4.37. The van der Waals surface area contributed by atoms with Crippen molar-refractivity contribution in [3.63, 3.8) is 0 Å². The van der Waals surface area contributed by atoms with Crippen LogP contribution in [-0.4, -0.2) is 32.4 Å². The molecule has 1 aromatic carbocycles. The zero-order valence-corrected chi connectivity index (χ0v) is 11.0. The molecule has 0 spiro atoms. The molecule has 0 N–H and O–H groups in total. The van der Waals surface area contributed by atoms with E-state index in [1.807, 2.05) is 0 Å². The number of fused-ring (bicyclic) bond motifs is 1. The second-order valence-corrected chi connectivity index (χ2v) is 5.01. The first-order chi connectivity index (χ1) is 7.72. The van der Waals surface area contributed by atoms with Gasteiger partial charge in [-0.15, -0.1) is 0 Å². The van der Waals surface area contributed by atoms with Crippen molar-refractivity contribution in [3.05, 3.63) is 24.3 Å². The molecule has 1 aliphatic heterocycles. The van der Waals surface area contributed by atoms with E-state index in [1.54, 1.807) is 0 Å². The second kappa shape index (κ2) is 5.00. The van der Waals surface area contributed by atoms with Gasteiger partial charge >= 0.3 is 0 Å². The third kappa shape index (κ3) is 2.29. The van der Waals surface area contributed by atoms with Crippen molar-refractivity contribution in [1.29, 1.82) is 0 Å². The van der Waals surface area contributed by atoms with Crippen LogP contribution in [0, 0.1) is 5.92 Å². The Morgan fingerprint density at radius 2 is 1.94 bits per heavy atom. The summed E-state index contributed by atoms with van der Waals surface area (Å²) in [6.45, 7) is 5.59. The Morgan fingerprint density at radius 1 is 1.25 bits per heavy atom. The van der Waals surface area contributed by atoms with Gasteiger partial charge in [-0.3, -0.25) is 0 Å². The van der Waals surface area contributed by atoms with Gasteiger partial charge in [-0.25, -0.2) is 0 Å². The van der Waals surface area contributed by atoms with Gasteiger partial charge < -0.3 is 9.80 Å². The van der Waals surface area contributed by atoms with E-state index >= 15 is 0 Å². The minimum Gasteiger partial charge on any atom is -0.371 e. The molecule has 1 aliphatic rings. The largest absolute Gasteiger partial charge is 0.371 e. The van der Waals surface area contributed by atoms with E-state index in [4.69, 9.17) is 0 Å². The van der Waals surface area contributed by atoms with E-state index in [-0.39, 0.29) is 0 Å². The van der Waals surface area contributed by atoms with Crippen LogP contribution in [0.1, 0.15) is 6.92 Å². The maximum absolute atomic E-state index is 4.37. The number of hydrogen-bond donors (Lipinski definition) is 1. The van der Waals surface area contributed by atoms with Crippen LogP contribution in [0.4, 0.5) is 11.4 Å². The van der Waals surface area contributed by atoms with Crippen molar-refractivity contribution in [2.75, 3.05) is 42.2 Å². The van der Waals surface area contributed by atoms with Gasteiger partial charge in [0.1, 0.15) is 0 Å². The van der Waals surface area contributed by atoms with E-state index in [2.05, 4.69) is 60.7 Å². The highest BCUT2D eigenvalue weighted by molar-refractivity contribution is 7.80. The average Bonchev–Trinajstić information content (AvgIpc) is 2.33. The summed E-state index contributed by atoms with van der Waals surface area (Å²) in [5, 5.41) is 0. The minimum absolute atomic E-state index is 0.639. The number of thiol groups is 1. The highest BCUT2D eigenvalue weighted by Crippen LogP contribution is 2.32. The predicted octanol–water partition coefficient (Wildman–Crippen LogP) is 2.51. The summed E-state index contributed by atoms with van der Waals surface area (Å²) in [7, 11) is 2.16. The fraction of sp³-hybridized carbons (Fsp3) is 0.538. The molecule has 16 heavy (non-hydrogen) atoms. The summed E-state index contributed by atoms with van der Waals surface area (Å²) in [6.07, 6.45) is 0. The molecule has 0 aliphatic carbocycles. The van der Waals surface area contributed by atoms with Crippen molar-refractivity contribution in [3.8, 4) is 0 Å². The summed E-state index contributed by atoms with van der Waals surface area (Å²) in [5.74, 6) is 1.59. The van der Waals surface area contributed by atoms with Crippen LogP contribution in [0.25, 0.3) is 0 Å². The van der Waals surface area contributed by atoms with E-state index in [0.29, 0.717) is 5.92 Å². The van der Waals surface area contributed by atoms with Gasteiger partial charge in [-0.05, 0) is 23.8 Å². The Kier molecular flexibility index (Phi) is 3.64. The molecule has 1 atom stereocenters. The molecule has 1 unspecified atom stereocenters. The first-order valence-corrected chi connectivity index (χ1v) is 6.51. The third-order valence-corrected chi connectivity index (χ3v) is 3.81. The lowest BCUT2D eigenvalue weighted by Gasteiger charge is -2.38. The molecule has 2 nitrogen and oxygen atoms in total. The molecular formula is C13H20N2S. The van der Waals surface area contributed by atoms with Crippen molar-refractivity contribution in [2.45, 2.75) is 6.92 Å². The highest BCUT2D eigenvalue weighted by atomic mass is 32.1. The number of benzene rings is 1. The number of anilines is 2. The van der Waals surface area contributed by atoms with E-state index in [0.717, 1.165) is 25.4 Å². The zero-order chi connectivity index (χ0) is 11.5. The van der Waals surface area contributed by atoms with Crippen molar-refractivity contribution >= 4 is 24.0 Å². The number of likely N-dealkylation sites (N-methyl/N-ethyl adjacent to an activating group) is 1. The summed E-state index contributed by atoms with van der Waals surface area (Å²) in [5.41, 5.74) is 2.71. The molecule has 1 heterocycles. The standard InChI is InChI=1S/C13H20N2S/c1-11(10-16)9-15-8-7-14(2)12-5-3-4-6-13(12)15/h3-6,11,16H,7-10H2,1-2H3. The third-order valence-electron chi connectivity index (χ3n) is 3.18. The predicted molar refractivity (Wildman–Crippen MR) is 74.9 cm³/mol. The van der Waals surface area contributed by atoms with Crippen LogP contribution in [-0.2, 0) is 0 Å². The van der Waals surface area contributed by atoms with Crippen LogP contribution >= 0.6 is 12.6 Å². The van der Waals surface area contributed by atoms with Crippen molar-refractivity contribution < 1.29 is 0 Å². The summed E-state index contributed by atoms with van der Waals surface area (Å²) in [6, 6.07) is 8.65. The monoisotopic (exact) mass is 236 g/mol. The zero-order valence-electron chi connectivity index (χ0n) is 10.1. The highest BCUT2D eigenvalue weighted by Gasteiger charge is 2.20. The first-order valence-electron chi connectivity index (χ1n) is 5.88. The Bertz CT molecular complexity index is 354. The number of hydrogen-bond acceptors (Lipinski definition) is 3. The van der Waals surface area contributed by atoms with E-state index in [1.165, 1.54) is 11.4 Å². The van der Waals surface area contributed by atoms with E-state index < -0.39 is 0 Å². The summed E-state index contributed by atoms with van der Waals surface area (Å²) < 4.78 is 0. The minimum atomic E-state index is 0.639. The smallest absolute Gasteiger partial charge is 0.0604 e. The van der Waals surface area contributed by atoms with Crippen LogP contribution in [0.2, 0.25) is 0 Å². The first kappa shape index (κ1) is 11.6. The molecule has 88 valence electrons. The molecule has 3 heteroatoms. The van der Waals surface area contributed by atoms with Crippen LogP contribution in [0.15, 0.2) is 24.3 Å². The normalized spacial score (nSPS) is 17.2. The molecule has 0 saturated heterocycles. The number of rotatable bonds is 3. The van der Waals surface area contributed by atoms with E-state index in [9.17, 15) is 0 Å². The molecule has 0 radical (unpaired) electrons. The lowest BCUT2D eigenvalue weighted by Crippen LogP contribution is -2.41. The summed E-state index contributed by atoms with van der Waals surface area (Å²) in [4.78, 5) is 4.81. The Labute approximate surface area is 104 Å². The maximum Gasteiger partial charge on any atom is 0.0604 e. The molecule has 1 aromatic rings.